The predicted molar refractivity (Wildman–Crippen MR) is 134 cm³/mol. The van der Waals surface area contributed by atoms with E-state index in [2.05, 4.69) is 11.4 Å². The van der Waals surface area contributed by atoms with Crippen LogP contribution in [-0.2, 0) is 16.6 Å². The number of carbonyl (C=O) groups is 1. The molecule has 0 fully saturated rings. The fourth-order valence-electron chi connectivity index (χ4n) is 3.48. The van der Waals surface area contributed by atoms with Crippen LogP contribution >= 0.6 is 0 Å². The Labute approximate surface area is 201 Å². The van der Waals surface area contributed by atoms with E-state index in [0.717, 1.165) is 23.1 Å². The second kappa shape index (κ2) is 11.1. The molecule has 0 aromatic heterocycles. The van der Waals surface area contributed by atoms with E-state index >= 15 is 0 Å². The number of hydrogen-bond donors (Lipinski definition) is 1. The van der Waals surface area contributed by atoms with Crippen LogP contribution in [0.1, 0.15) is 27.0 Å². The van der Waals surface area contributed by atoms with E-state index < -0.39 is 10.0 Å². The lowest BCUT2D eigenvalue weighted by atomic mass is 10.1. The van der Waals surface area contributed by atoms with Crippen molar-refractivity contribution in [3.05, 3.63) is 89.0 Å². The van der Waals surface area contributed by atoms with Gasteiger partial charge in [0.1, 0.15) is 18.1 Å². The molecule has 8 heteroatoms. The Balaban J connectivity index is 1.59. The Morgan fingerprint density at radius 2 is 1.74 bits per heavy atom. The molecular formula is C26H30N2O5S. The zero-order chi connectivity index (χ0) is 24.7. The molecule has 0 atom stereocenters. The summed E-state index contributed by atoms with van der Waals surface area (Å²) in [5.74, 6) is 1.15. The zero-order valence-corrected chi connectivity index (χ0v) is 20.7. The smallest absolute Gasteiger partial charge is 0.251 e. The number of hydrogen-bond acceptors (Lipinski definition) is 5. The summed E-state index contributed by atoms with van der Waals surface area (Å²) in [7, 11) is -2.00. The Morgan fingerprint density at radius 3 is 2.38 bits per heavy atom. The van der Waals surface area contributed by atoms with E-state index in [-0.39, 0.29) is 12.5 Å². The molecule has 0 heterocycles. The lowest BCUT2D eigenvalue weighted by Gasteiger charge is -2.23. The van der Waals surface area contributed by atoms with Gasteiger partial charge in [0.25, 0.3) is 5.91 Å². The van der Waals surface area contributed by atoms with E-state index in [9.17, 15) is 13.2 Å². The van der Waals surface area contributed by atoms with Gasteiger partial charge < -0.3 is 14.8 Å². The molecule has 7 nitrogen and oxygen atoms in total. The summed E-state index contributed by atoms with van der Waals surface area (Å²) in [5, 5.41) is 2.84. The van der Waals surface area contributed by atoms with Gasteiger partial charge in [-0.05, 0) is 55.3 Å². The second-order valence-electron chi connectivity index (χ2n) is 8.04. The number of ether oxygens (including phenoxy) is 2. The second-order valence-corrected chi connectivity index (χ2v) is 9.95. The molecule has 0 aliphatic heterocycles. The van der Waals surface area contributed by atoms with Gasteiger partial charge in [-0.2, -0.15) is 0 Å². The molecule has 0 unspecified atom stereocenters. The standard InChI is InChI=1S/C26H30N2O5S/c1-19-8-13-25(20(2)16-19)33-15-14-27-26(29)22-11-9-21(10-12-22)18-28(34(4,30)31)23-6-5-7-24(17-23)32-3/h5-13,16-17H,14-15,18H2,1-4H3,(H,27,29). The van der Waals surface area contributed by atoms with Crippen LogP contribution in [0.25, 0.3) is 0 Å². The molecule has 0 bridgehead atoms. The first-order valence-corrected chi connectivity index (χ1v) is 12.7. The SMILES string of the molecule is COc1cccc(N(Cc2ccc(C(=O)NCCOc3ccc(C)cc3C)cc2)S(C)(=O)=O)c1. The van der Waals surface area contributed by atoms with Gasteiger partial charge >= 0.3 is 0 Å². The Hall–Kier alpha value is -3.52. The van der Waals surface area contributed by atoms with Crippen molar-refractivity contribution in [2.24, 2.45) is 0 Å². The summed E-state index contributed by atoms with van der Waals surface area (Å²) in [6, 6.07) is 19.7. The van der Waals surface area contributed by atoms with Crippen molar-refractivity contribution in [1.82, 2.24) is 5.32 Å². The highest BCUT2D eigenvalue weighted by atomic mass is 32.2. The third-order valence-electron chi connectivity index (χ3n) is 5.26. The fourth-order valence-corrected chi connectivity index (χ4v) is 4.36. The maximum absolute atomic E-state index is 12.5. The third-order valence-corrected chi connectivity index (χ3v) is 6.40. The van der Waals surface area contributed by atoms with Crippen molar-refractivity contribution in [3.8, 4) is 11.5 Å². The predicted octanol–water partition coefficient (Wildman–Crippen LogP) is 4.09. The summed E-state index contributed by atoms with van der Waals surface area (Å²) in [6.07, 6.45) is 1.16. The molecular weight excluding hydrogens is 452 g/mol. The zero-order valence-electron chi connectivity index (χ0n) is 19.9. The maximum atomic E-state index is 12.5. The highest BCUT2D eigenvalue weighted by Crippen LogP contribution is 2.25. The van der Waals surface area contributed by atoms with Gasteiger partial charge in [0.2, 0.25) is 10.0 Å². The minimum absolute atomic E-state index is 0.137. The molecule has 3 aromatic rings. The molecule has 1 amide bonds. The molecule has 180 valence electrons. The number of aryl methyl sites for hydroxylation is 2. The van der Waals surface area contributed by atoms with Gasteiger partial charge in [-0.25, -0.2) is 8.42 Å². The van der Waals surface area contributed by atoms with Crippen LogP contribution in [0.4, 0.5) is 5.69 Å². The molecule has 0 saturated carbocycles. The van der Waals surface area contributed by atoms with Crippen molar-refractivity contribution in [2.45, 2.75) is 20.4 Å². The van der Waals surface area contributed by atoms with Crippen LogP contribution in [0.15, 0.2) is 66.7 Å². The highest BCUT2D eigenvalue weighted by Gasteiger charge is 2.18. The Bertz CT molecular complexity index is 1240. The molecule has 0 saturated heterocycles. The number of nitrogens with zero attached hydrogens (tertiary/aromatic N) is 1. The van der Waals surface area contributed by atoms with Gasteiger partial charge in [-0.3, -0.25) is 9.10 Å². The number of benzene rings is 3. The first kappa shape index (κ1) is 25.1. The van der Waals surface area contributed by atoms with E-state index in [4.69, 9.17) is 9.47 Å². The molecule has 0 aliphatic carbocycles. The van der Waals surface area contributed by atoms with Crippen LogP contribution in [-0.4, -0.2) is 40.8 Å². The van der Waals surface area contributed by atoms with Crippen molar-refractivity contribution in [1.29, 1.82) is 0 Å². The molecule has 0 spiro atoms. The summed E-state index contributed by atoms with van der Waals surface area (Å²) in [4.78, 5) is 12.5. The summed E-state index contributed by atoms with van der Waals surface area (Å²) < 4.78 is 37.1. The quantitative estimate of drug-likeness (QED) is 0.440. The number of sulfonamides is 1. The van der Waals surface area contributed by atoms with Crippen LogP contribution in [0.2, 0.25) is 0 Å². The lowest BCUT2D eigenvalue weighted by Crippen LogP contribution is -2.29. The normalized spacial score (nSPS) is 11.1. The number of rotatable bonds is 10. The average Bonchev–Trinajstić information content (AvgIpc) is 2.81. The van der Waals surface area contributed by atoms with E-state index in [1.54, 1.807) is 48.5 Å². The molecule has 1 N–H and O–H groups in total. The fraction of sp³-hybridized carbons (Fsp3) is 0.269. The monoisotopic (exact) mass is 482 g/mol. The first-order chi connectivity index (χ1) is 16.2. The molecule has 3 rings (SSSR count). The van der Waals surface area contributed by atoms with Crippen molar-refractivity contribution in [3.63, 3.8) is 0 Å². The van der Waals surface area contributed by atoms with Crippen molar-refractivity contribution >= 4 is 21.6 Å². The third kappa shape index (κ3) is 6.74. The van der Waals surface area contributed by atoms with Crippen LogP contribution in [0.5, 0.6) is 11.5 Å². The number of amides is 1. The maximum Gasteiger partial charge on any atom is 0.251 e. The van der Waals surface area contributed by atoms with E-state index in [0.29, 0.717) is 30.2 Å². The molecule has 0 radical (unpaired) electrons. The highest BCUT2D eigenvalue weighted by molar-refractivity contribution is 7.92. The first-order valence-electron chi connectivity index (χ1n) is 10.9. The van der Waals surface area contributed by atoms with Gasteiger partial charge in [0, 0.05) is 11.6 Å². The van der Waals surface area contributed by atoms with E-state index in [1.165, 1.54) is 17.0 Å². The number of nitrogens with one attached hydrogen (secondary N) is 1. The number of methoxy groups -OCH3 is 1. The molecule has 3 aromatic carbocycles. The summed E-state index contributed by atoms with van der Waals surface area (Å²) in [6.45, 7) is 4.88. The van der Waals surface area contributed by atoms with Crippen LogP contribution in [0, 0.1) is 13.8 Å². The number of anilines is 1. The Morgan fingerprint density at radius 1 is 1.00 bits per heavy atom. The van der Waals surface area contributed by atoms with Gasteiger partial charge in [0.05, 0.1) is 32.1 Å². The van der Waals surface area contributed by atoms with Crippen LogP contribution < -0.4 is 19.1 Å². The van der Waals surface area contributed by atoms with Crippen molar-refractivity contribution in [2.75, 3.05) is 30.8 Å². The van der Waals surface area contributed by atoms with Gasteiger partial charge in [-0.1, -0.05) is 35.9 Å². The largest absolute Gasteiger partial charge is 0.497 e. The average molecular weight is 483 g/mol. The lowest BCUT2D eigenvalue weighted by molar-refractivity contribution is 0.0947. The van der Waals surface area contributed by atoms with E-state index in [1.807, 2.05) is 26.0 Å². The van der Waals surface area contributed by atoms with Crippen LogP contribution in [0.3, 0.4) is 0 Å². The minimum atomic E-state index is -3.53. The topological polar surface area (TPSA) is 84.9 Å². The molecule has 0 aliphatic rings. The summed E-state index contributed by atoms with van der Waals surface area (Å²) >= 11 is 0. The number of carbonyl (C=O) groups excluding carboxylic acids is 1. The minimum Gasteiger partial charge on any atom is -0.497 e. The van der Waals surface area contributed by atoms with Gasteiger partial charge in [-0.15, -0.1) is 0 Å². The summed E-state index contributed by atoms with van der Waals surface area (Å²) in [5.41, 5.74) is 3.97. The Kier molecular flexibility index (Phi) is 8.17. The van der Waals surface area contributed by atoms with Crippen molar-refractivity contribution < 1.29 is 22.7 Å². The molecule has 34 heavy (non-hydrogen) atoms. The van der Waals surface area contributed by atoms with Gasteiger partial charge in [0.15, 0.2) is 0 Å².